The third-order valence-electron chi connectivity index (χ3n) is 1.29. The summed E-state index contributed by atoms with van der Waals surface area (Å²) >= 11 is 0. The molecule has 0 amide bonds. The zero-order chi connectivity index (χ0) is 15.1. The van der Waals surface area contributed by atoms with Gasteiger partial charge in [0, 0.05) is 0 Å². The molecular weight excluding hydrogens is 326 g/mol. The molecule has 0 saturated heterocycles. The average molecular weight is 338 g/mol. The Labute approximate surface area is 157 Å². The van der Waals surface area contributed by atoms with Gasteiger partial charge in [-0.15, -0.1) is 0 Å². The summed E-state index contributed by atoms with van der Waals surface area (Å²) in [5.41, 5.74) is -2.74. The summed E-state index contributed by atoms with van der Waals surface area (Å²) in [6.45, 7) is 0. The van der Waals surface area contributed by atoms with Crippen LogP contribution >= 0.6 is 0 Å². The minimum absolute atomic E-state index is 0. The van der Waals surface area contributed by atoms with Gasteiger partial charge in [-0.3, -0.25) is 18.7 Å². The second-order valence-corrected chi connectivity index (χ2v) is 3.82. The fourth-order valence-electron chi connectivity index (χ4n) is 0.714. The van der Waals surface area contributed by atoms with E-state index in [1.807, 2.05) is 0 Å². The summed E-state index contributed by atoms with van der Waals surface area (Å²) in [7, 11) is -4.67. The van der Waals surface area contributed by atoms with Gasteiger partial charge in [0.1, 0.15) is 0 Å². The van der Waals surface area contributed by atoms with Crippen LogP contribution in [0.5, 0.6) is 0 Å². The van der Waals surface area contributed by atoms with Crippen LogP contribution in [-0.4, -0.2) is 121 Å². The molecule has 0 radical (unpaired) electrons. The van der Waals surface area contributed by atoms with Crippen molar-refractivity contribution in [2.45, 2.75) is 18.4 Å². The van der Waals surface area contributed by atoms with Crippen LogP contribution in [0.2, 0.25) is 0 Å². The van der Waals surface area contributed by atoms with Crippen LogP contribution < -0.4 is 0 Å². The summed E-state index contributed by atoms with van der Waals surface area (Å²) in [5.74, 6) is -5.02. The van der Waals surface area contributed by atoms with Crippen LogP contribution in [0, 0.1) is 0 Å². The van der Waals surface area contributed by atoms with Crippen molar-refractivity contribution >= 4 is 87.4 Å². The predicted molar refractivity (Wildman–Crippen MR) is 65.6 cm³/mol. The van der Waals surface area contributed by atoms with E-state index >= 15 is 0 Å². The SMILES string of the molecule is O=C(O)CC(O)(CC(=O)O)C(=O)O.O=S(=O)(O)O.[NaH].[NaH]. The van der Waals surface area contributed by atoms with E-state index in [2.05, 4.69) is 0 Å². The summed E-state index contributed by atoms with van der Waals surface area (Å²) < 4.78 is 31.6. The van der Waals surface area contributed by atoms with Gasteiger partial charge in [0.15, 0.2) is 5.60 Å². The Morgan fingerprint density at radius 1 is 0.850 bits per heavy atom. The molecule has 0 aliphatic carbocycles. The van der Waals surface area contributed by atoms with Crippen molar-refractivity contribution in [3.63, 3.8) is 0 Å². The molecule has 20 heavy (non-hydrogen) atoms. The first-order chi connectivity index (χ1) is 7.78. The van der Waals surface area contributed by atoms with Gasteiger partial charge in [0.05, 0.1) is 12.8 Å². The number of rotatable bonds is 5. The van der Waals surface area contributed by atoms with Crippen LogP contribution in [0.25, 0.3) is 0 Å². The molecule has 0 aliphatic rings. The van der Waals surface area contributed by atoms with Gasteiger partial charge in [0.2, 0.25) is 0 Å². The number of hydrogen-bond acceptors (Lipinski definition) is 6. The first-order valence-corrected chi connectivity index (χ1v) is 5.27. The standard InChI is InChI=1S/C6H8O7.2Na.H2O4S.2H/c7-3(8)1-6(13,5(11)12)2-4(9)10;;;1-5(2,3)4;;/h13H,1-2H2,(H,7,8)(H,9,10)(H,11,12);;;(H2,1,2,3,4);;. The van der Waals surface area contributed by atoms with Gasteiger partial charge in [0.25, 0.3) is 0 Å². The van der Waals surface area contributed by atoms with Crippen molar-refractivity contribution in [1.29, 1.82) is 0 Å². The summed E-state index contributed by atoms with van der Waals surface area (Å²) in [6, 6.07) is 0. The van der Waals surface area contributed by atoms with Gasteiger partial charge in [-0.25, -0.2) is 4.79 Å². The molecule has 0 aromatic heterocycles. The number of carbonyl (C=O) groups is 3. The predicted octanol–water partition coefficient (Wildman–Crippen LogP) is -3.20. The Morgan fingerprint density at radius 3 is 1.15 bits per heavy atom. The average Bonchev–Trinajstić information content (AvgIpc) is 1.95. The first-order valence-electron chi connectivity index (χ1n) is 3.87. The van der Waals surface area contributed by atoms with Crippen LogP contribution in [0.3, 0.4) is 0 Å². The van der Waals surface area contributed by atoms with Crippen LogP contribution in [0.15, 0.2) is 0 Å². The monoisotopic (exact) mass is 338 g/mol. The number of carboxylic acids is 3. The quantitative estimate of drug-likeness (QED) is 0.217. The van der Waals surface area contributed by atoms with Crippen LogP contribution in [-0.2, 0) is 24.8 Å². The number of hydrogen-bond donors (Lipinski definition) is 6. The second-order valence-electron chi connectivity index (χ2n) is 2.93. The maximum atomic E-state index is 10.3. The topological polar surface area (TPSA) is 207 Å². The van der Waals surface area contributed by atoms with Crippen LogP contribution in [0.1, 0.15) is 12.8 Å². The van der Waals surface area contributed by atoms with Gasteiger partial charge < -0.3 is 20.4 Å². The molecule has 0 fully saturated rings. The van der Waals surface area contributed by atoms with Gasteiger partial charge in [-0.05, 0) is 0 Å². The molecule has 0 rings (SSSR count). The zero-order valence-corrected chi connectivity index (χ0v) is 9.36. The molecule has 6 N–H and O–H groups in total. The maximum absolute atomic E-state index is 10.3. The molecule has 0 bridgehead atoms. The summed E-state index contributed by atoms with van der Waals surface area (Å²) in [4.78, 5) is 30.5. The third kappa shape index (κ3) is 20.6. The van der Waals surface area contributed by atoms with E-state index < -0.39 is 46.7 Å². The molecular formula is C6H12Na2O11S. The fraction of sp³-hybridized carbons (Fsp3) is 0.500. The molecule has 0 unspecified atom stereocenters. The molecule has 0 atom stereocenters. The van der Waals surface area contributed by atoms with Crippen molar-refractivity contribution in [3.8, 4) is 0 Å². The fourth-order valence-corrected chi connectivity index (χ4v) is 0.714. The molecule has 110 valence electrons. The van der Waals surface area contributed by atoms with E-state index in [4.69, 9.17) is 37.9 Å². The summed E-state index contributed by atoms with van der Waals surface area (Å²) in [5, 5.41) is 33.8. The molecule has 0 aromatic carbocycles. The molecule has 0 saturated carbocycles. The normalized spacial score (nSPS) is 9.95. The Kier molecular flexibility index (Phi) is 16.8. The van der Waals surface area contributed by atoms with Crippen molar-refractivity contribution in [3.05, 3.63) is 0 Å². The van der Waals surface area contributed by atoms with E-state index in [0.717, 1.165) is 0 Å². The van der Waals surface area contributed by atoms with Gasteiger partial charge in [-0.2, -0.15) is 8.42 Å². The Morgan fingerprint density at radius 2 is 1.05 bits per heavy atom. The molecule has 0 aliphatic heterocycles. The van der Waals surface area contributed by atoms with Gasteiger partial charge in [-0.1, -0.05) is 0 Å². The number of carboxylic acid groups (broad SMARTS) is 3. The summed E-state index contributed by atoms with van der Waals surface area (Å²) in [6.07, 6.45) is -2.29. The third-order valence-corrected chi connectivity index (χ3v) is 1.29. The minimum atomic E-state index is -4.67. The number of aliphatic carboxylic acids is 3. The van der Waals surface area contributed by atoms with E-state index in [0.29, 0.717) is 0 Å². The van der Waals surface area contributed by atoms with Gasteiger partial charge >= 0.3 is 87.4 Å². The van der Waals surface area contributed by atoms with E-state index in [-0.39, 0.29) is 59.1 Å². The first kappa shape index (κ1) is 28.4. The second kappa shape index (κ2) is 11.9. The van der Waals surface area contributed by atoms with Crippen molar-refractivity contribution < 1.29 is 52.3 Å². The molecule has 14 heteroatoms. The number of aliphatic hydroxyl groups is 1. The molecule has 11 nitrogen and oxygen atoms in total. The van der Waals surface area contributed by atoms with E-state index in [1.54, 1.807) is 0 Å². The van der Waals surface area contributed by atoms with E-state index in [1.165, 1.54) is 0 Å². The Hall–Kier alpha value is 0.240. The Balaban J connectivity index is -0.000000158. The molecule has 0 spiro atoms. The van der Waals surface area contributed by atoms with E-state index in [9.17, 15) is 14.4 Å². The van der Waals surface area contributed by atoms with Crippen molar-refractivity contribution in [2.24, 2.45) is 0 Å². The molecule has 0 heterocycles. The zero-order valence-electron chi connectivity index (χ0n) is 8.55. The molecule has 0 aromatic rings. The Bertz CT molecular complexity index is 406. The van der Waals surface area contributed by atoms with Crippen molar-refractivity contribution in [2.75, 3.05) is 0 Å². The van der Waals surface area contributed by atoms with Crippen LogP contribution in [0.4, 0.5) is 0 Å². The van der Waals surface area contributed by atoms with Crippen molar-refractivity contribution in [1.82, 2.24) is 0 Å².